The Morgan fingerprint density at radius 3 is 2.60 bits per heavy atom. The van der Waals surface area contributed by atoms with Gasteiger partial charge >= 0.3 is 11.9 Å². The highest BCUT2D eigenvalue weighted by Crippen LogP contribution is 2.32. The second-order valence-electron chi connectivity index (χ2n) is 4.22. The minimum absolute atomic E-state index is 0.00714. The number of halogens is 3. The Bertz CT molecular complexity index is 746. The molecule has 0 aliphatic carbocycles. The van der Waals surface area contributed by atoms with E-state index in [2.05, 4.69) is 10.3 Å². The van der Waals surface area contributed by atoms with E-state index in [1.807, 2.05) is 0 Å². The van der Waals surface area contributed by atoms with Crippen LogP contribution in [-0.4, -0.2) is 23.1 Å². The minimum Gasteiger partial charge on any atom is -0.318 e. The molecule has 20 heavy (non-hydrogen) atoms. The molecule has 2 aromatic rings. The quantitative estimate of drug-likeness (QED) is 0.882. The second-order valence-corrected chi connectivity index (χ2v) is 4.22. The molecule has 0 saturated heterocycles. The zero-order valence-corrected chi connectivity index (χ0v) is 10.5. The van der Waals surface area contributed by atoms with Crippen LogP contribution in [-0.2, 0) is 12.7 Å². The molecule has 1 heterocycles. The molecule has 0 saturated carbocycles. The largest absolute Gasteiger partial charge is 0.417 e. The van der Waals surface area contributed by atoms with Crippen LogP contribution in [0.3, 0.4) is 0 Å². The molecule has 5 nitrogen and oxygen atoms in total. The smallest absolute Gasteiger partial charge is 0.318 e. The van der Waals surface area contributed by atoms with E-state index in [1.165, 1.54) is 6.07 Å². The average molecular weight is 287 g/mol. The van der Waals surface area contributed by atoms with Crippen molar-refractivity contribution in [2.75, 3.05) is 13.6 Å². The predicted octanol–water partition coefficient (Wildman–Crippen LogP) is 0.928. The number of benzene rings is 1. The van der Waals surface area contributed by atoms with Crippen molar-refractivity contribution in [3.63, 3.8) is 0 Å². The van der Waals surface area contributed by atoms with Crippen molar-refractivity contribution < 1.29 is 13.2 Å². The third kappa shape index (κ3) is 2.46. The van der Waals surface area contributed by atoms with Crippen LogP contribution in [0.2, 0.25) is 0 Å². The van der Waals surface area contributed by atoms with Crippen LogP contribution in [0, 0.1) is 0 Å². The summed E-state index contributed by atoms with van der Waals surface area (Å²) in [5.74, 6) is 0. The topological polar surface area (TPSA) is 66.9 Å². The summed E-state index contributed by atoms with van der Waals surface area (Å²) in [6, 6.07) is 3.25. The summed E-state index contributed by atoms with van der Waals surface area (Å²) in [6.07, 6.45) is -4.66. The lowest BCUT2D eigenvalue weighted by molar-refractivity contribution is -0.136. The Hall–Kier alpha value is -2.09. The molecule has 1 aromatic heterocycles. The zero-order valence-electron chi connectivity index (χ0n) is 10.5. The van der Waals surface area contributed by atoms with Gasteiger partial charge in [0.25, 0.3) is 5.56 Å². The molecule has 2 rings (SSSR count). The van der Waals surface area contributed by atoms with Crippen molar-refractivity contribution in [3.05, 3.63) is 44.6 Å². The lowest BCUT2D eigenvalue weighted by Gasteiger charge is -2.11. The molecule has 0 aliphatic heterocycles. The number of fused-ring (bicyclic) bond motifs is 1. The highest BCUT2D eigenvalue weighted by molar-refractivity contribution is 5.81. The van der Waals surface area contributed by atoms with Crippen molar-refractivity contribution in [1.29, 1.82) is 0 Å². The first kappa shape index (κ1) is 14.3. The van der Waals surface area contributed by atoms with Gasteiger partial charge in [0.2, 0.25) is 0 Å². The summed E-state index contributed by atoms with van der Waals surface area (Å²) in [6.45, 7) is 0.287. The molecule has 0 aliphatic rings. The van der Waals surface area contributed by atoms with Gasteiger partial charge in [-0.2, -0.15) is 13.2 Å². The highest BCUT2D eigenvalue weighted by Gasteiger charge is 2.34. The van der Waals surface area contributed by atoms with Gasteiger partial charge < -0.3 is 10.3 Å². The fourth-order valence-electron chi connectivity index (χ4n) is 1.96. The Morgan fingerprint density at radius 1 is 1.30 bits per heavy atom. The SMILES string of the molecule is CNCCn1c(=O)[nH]c2cccc(C(F)(F)F)c2c1=O. The van der Waals surface area contributed by atoms with E-state index in [9.17, 15) is 22.8 Å². The van der Waals surface area contributed by atoms with Gasteiger partial charge in [0.15, 0.2) is 0 Å². The first-order chi connectivity index (χ1) is 9.36. The monoisotopic (exact) mass is 287 g/mol. The van der Waals surface area contributed by atoms with E-state index in [1.54, 1.807) is 7.05 Å². The maximum Gasteiger partial charge on any atom is 0.417 e. The van der Waals surface area contributed by atoms with Gasteiger partial charge in [-0.3, -0.25) is 9.36 Å². The number of rotatable bonds is 3. The third-order valence-electron chi connectivity index (χ3n) is 2.90. The number of hydrogen-bond donors (Lipinski definition) is 2. The Labute approximate surface area is 111 Å². The number of alkyl halides is 3. The standard InChI is InChI=1S/C12H12F3N3O2/c1-16-5-6-18-10(19)9-7(12(13,14)15)3-2-4-8(9)17-11(18)20/h2-4,16H,5-6H2,1H3,(H,17,20). The number of aromatic amines is 1. The number of hydrogen-bond acceptors (Lipinski definition) is 3. The molecule has 8 heteroatoms. The summed E-state index contributed by atoms with van der Waals surface area (Å²) in [7, 11) is 1.61. The zero-order chi connectivity index (χ0) is 14.9. The van der Waals surface area contributed by atoms with E-state index in [0.717, 1.165) is 16.7 Å². The minimum atomic E-state index is -4.66. The van der Waals surface area contributed by atoms with Crippen LogP contribution >= 0.6 is 0 Å². The normalized spacial score (nSPS) is 12.0. The summed E-state index contributed by atoms with van der Waals surface area (Å²) < 4.78 is 39.5. The summed E-state index contributed by atoms with van der Waals surface area (Å²) in [4.78, 5) is 26.2. The van der Waals surface area contributed by atoms with Crippen molar-refractivity contribution >= 4 is 10.9 Å². The molecular weight excluding hydrogens is 275 g/mol. The molecule has 0 amide bonds. The fraction of sp³-hybridized carbons (Fsp3) is 0.333. The molecular formula is C12H12F3N3O2. The van der Waals surface area contributed by atoms with E-state index in [-0.39, 0.29) is 12.1 Å². The number of likely N-dealkylation sites (N-methyl/N-ethyl adjacent to an activating group) is 1. The predicted molar refractivity (Wildman–Crippen MR) is 67.8 cm³/mol. The average Bonchev–Trinajstić information content (AvgIpc) is 2.36. The van der Waals surface area contributed by atoms with E-state index in [4.69, 9.17) is 0 Å². The molecule has 2 N–H and O–H groups in total. The molecule has 108 valence electrons. The lowest BCUT2D eigenvalue weighted by atomic mass is 10.1. The van der Waals surface area contributed by atoms with Crippen LogP contribution in [0.4, 0.5) is 13.2 Å². The van der Waals surface area contributed by atoms with E-state index >= 15 is 0 Å². The van der Waals surface area contributed by atoms with Crippen molar-refractivity contribution in [2.24, 2.45) is 0 Å². The molecule has 0 radical (unpaired) electrons. The number of aromatic nitrogens is 2. The molecule has 0 fully saturated rings. The maximum absolute atomic E-state index is 12.9. The van der Waals surface area contributed by atoms with Crippen molar-refractivity contribution in [2.45, 2.75) is 12.7 Å². The molecule has 0 atom stereocenters. The van der Waals surface area contributed by atoms with Gasteiger partial charge in [-0.25, -0.2) is 4.79 Å². The fourth-order valence-corrected chi connectivity index (χ4v) is 1.96. The summed E-state index contributed by atoms with van der Waals surface area (Å²) >= 11 is 0. The number of nitrogens with one attached hydrogen (secondary N) is 2. The van der Waals surface area contributed by atoms with Crippen molar-refractivity contribution in [3.8, 4) is 0 Å². The number of nitrogens with zero attached hydrogens (tertiary/aromatic N) is 1. The molecule has 1 aromatic carbocycles. The Morgan fingerprint density at radius 2 is 2.00 bits per heavy atom. The highest BCUT2D eigenvalue weighted by atomic mass is 19.4. The first-order valence-electron chi connectivity index (χ1n) is 5.84. The summed E-state index contributed by atoms with van der Waals surface area (Å²) in [5.41, 5.74) is -2.83. The second kappa shape index (κ2) is 5.12. The van der Waals surface area contributed by atoms with Crippen LogP contribution in [0.1, 0.15) is 5.56 Å². The van der Waals surface area contributed by atoms with Crippen LogP contribution < -0.4 is 16.6 Å². The van der Waals surface area contributed by atoms with Gasteiger partial charge in [0.1, 0.15) is 0 Å². The Kier molecular flexibility index (Phi) is 3.67. The number of H-pyrrole nitrogens is 1. The van der Waals surface area contributed by atoms with Crippen molar-refractivity contribution in [1.82, 2.24) is 14.9 Å². The van der Waals surface area contributed by atoms with E-state index < -0.39 is 28.4 Å². The van der Waals surface area contributed by atoms with Gasteiger partial charge in [0, 0.05) is 13.1 Å². The molecule has 0 unspecified atom stereocenters. The van der Waals surface area contributed by atoms with Gasteiger partial charge in [-0.15, -0.1) is 0 Å². The van der Waals surface area contributed by atoms with Crippen LogP contribution in [0.15, 0.2) is 27.8 Å². The summed E-state index contributed by atoms with van der Waals surface area (Å²) in [5, 5.41) is 2.21. The van der Waals surface area contributed by atoms with Gasteiger partial charge in [0.05, 0.1) is 16.5 Å². The van der Waals surface area contributed by atoms with Gasteiger partial charge in [-0.1, -0.05) is 6.07 Å². The Balaban J connectivity index is 2.81. The van der Waals surface area contributed by atoms with E-state index in [0.29, 0.717) is 6.54 Å². The lowest BCUT2D eigenvalue weighted by Crippen LogP contribution is -2.38. The molecule has 0 spiro atoms. The van der Waals surface area contributed by atoms with Gasteiger partial charge in [-0.05, 0) is 19.2 Å². The van der Waals surface area contributed by atoms with Crippen LogP contribution in [0.25, 0.3) is 10.9 Å². The molecule has 0 bridgehead atoms. The first-order valence-corrected chi connectivity index (χ1v) is 5.84. The maximum atomic E-state index is 12.9. The van der Waals surface area contributed by atoms with Crippen LogP contribution in [0.5, 0.6) is 0 Å². The third-order valence-corrected chi connectivity index (χ3v) is 2.90.